The fraction of sp³-hybridized carbons (Fsp3) is 0.316. The van der Waals surface area contributed by atoms with E-state index in [9.17, 15) is 36.6 Å². The molecule has 0 bridgehead atoms. The van der Waals surface area contributed by atoms with Gasteiger partial charge in [-0.05, 0) is 37.8 Å². The highest BCUT2D eigenvalue weighted by atomic mass is 19.4. The maximum Gasteiger partial charge on any atom is 0.419 e. The number of halogens is 5. The molecule has 1 aliphatic carbocycles. The molecule has 11 heteroatoms. The van der Waals surface area contributed by atoms with Gasteiger partial charge in [-0.3, -0.25) is 4.79 Å². The zero-order valence-electron chi connectivity index (χ0n) is 15.4. The van der Waals surface area contributed by atoms with E-state index in [-0.39, 0.29) is 34.9 Å². The summed E-state index contributed by atoms with van der Waals surface area (Å²) < 4.78 is 69.3. The Balaban J connectivity index is 2.03. The number of fused-ring (bicyclic) bond motifs is 1. The molecular formula is C19H14F5N3O3. The second kappa shape index (κ2) is 6.64. The Morgan fingerprint density at radius 2 is 1.90 bits per heavy atom. The van der Waals surface area contributed by atoms with E-state index < -0.39 is 40.5 Å². The van der Waals surface area contributed by atoms with Gasteiger partial charge in [0.05, 0.1) is 17.5 Å². The highest BCUT2D eigenvalue weighted by molar-refractivity contribution is 5.90. The van der Waals surface area contributed by atoms with Crippen LogP contribution in [-0.2, 0) is 12.7 Å². The first-order valence-electron chi connectivity index (χ1n) is 9.01. The van der Waals surface area contributed by atoms with Crippen molar-refractivity contribution in [1.29, 1.82) is 0 Å². The first-order chi connectivity index (χ1) is 14.1. The van der Waals surface area contributed by atoms with Gasteiger partial charge in [-0.1, -0.05) is 0 Å². The molecule has 0 radical (unpaired) electrons. The van der Waals surface area contributed by atoms with Crippen LogP contribution < -0.4 is 5.56 Å². The summed E-state index contributed by atoms with van der Waals surface area (Å²) >= 11 is 0. The van der Waals surface area contributed by atoms with E-state index in [2.05, 4.69) is 5.10 Å². The zero-order chi connectivity index (χ0) is 22.0. The maximum absolute atomic E-state index is 14.6. The Morgan fingerprint density at radius 1 is 1.23 bits per heavy atom. The summed E-state index contributed by atoms with van der Waals surface area (Å²) in [5.74, 6) is -5.33. The molecule has 3 aromatic rings. The van der Waals surface area contributed by atoms with Gasteiger partial charge < -0.3 is 9.67 Å². The van der Waals surface area contributed by atoms with Crippen molar-refractivity contribution in [3.8, 4) is 11.3 Å². The highest BCUT2D eigenvalue weighted by Crippen LogP contribution is 2.43. The maximum atomic E-state index is 14.6. The average Bonchev–Trinajstić information content (AvgIpc) is 3.42. The molecule has 1 fully saturated rings. The van der Waals surface area contributed by atoms with E-state index in [1.807, 2.05) is 0 Å². The van der Waals surface area contributed by atoms with Gasteiger partial charge in [-0.25, -0.2) is 18.1 Å². The summed E-state index contributed by atoms with van der Waals surface area (Å²) in [5.41, 5.74) is -3.26. The molecule has 6 nitrogen and oxygen atoms in total. The van der Waals surface area contributed by atoms with Gasteiger partial charge in [0.2, 0.25) is 0 Å². The molecule has 0 atom stereocenters. The quantitative estimate of drug-likeness (QED) is 0.638. The summed E-state index contributed by atoms with van der Waals surface area (Å²) in [6.45, 7) is 1.54. The van der Waals surface area contributed by atoms with E-state index in [1.54, 1.807) is 6.92 Å². The number of carbonyl (C=O) groups is 1. The van der Waals surface area contributed by atoms with Crippen molar-refractivity contribution < 1.29 is 31.9 Å². The van der Waals surface area contributed by atoms with Gasteiger partial charge in [-0.2, -0.15) is 18.3 Å². The Labute approximate surface area is 165 Å². The lowest BCUT2D eigenvalue weighted by Crippen LogP contribution is -2.24. The van der Waals surface area contributed by atoms with Crippen LogP contribution in [0.25, 0.3) is 16.8 Å². The van der Waals surface area contributed by atoms with Crippen LogP contribution in [0.15, 0.2) is 23.1 Å². The monoisotopic (exact) mass is 427 g/mol. The second-order valence-corrected chi connectivity index (χ2v) is 6.99. The Hall–Kier alpha value is -3.24. The van der Waals surface area contributed by atoms with E-state index in [0.717, 1.165) is 21.3 Å². The molecule has 0 amide bonds. The predicted molar refractivity (Wildman–Crippen MR) is 94.4 cm³/mol. The number of alkyl halides is 3. The Bertz CT molecular complexity index is 1260. The van der Waals surface area contributed by atoms with E-state index in [4.69, 9.17) is 0 Å². The Morgan fingerprint density at radius 3 is 2.43 bits per heavy atom. The van der Waals surface area contributed by atoms with E-state index >= 15 is 0 Å². The van der Waals surface area contributed by atoms with Crippen LogP contribution in [0, 0.1) is 11.6 Å². The third-order valence-electron chi connectivity index (χ3n) is 5.10. The second-order valence-electron chi connectivity index (χ2n) is 6.99. The van der Waals surface area contributed by atoms with Crippen LogP contribution >= 0.6 is 0 Å². The molecule has 158 valence electrons. The normalized spacial score (nSPS) is 14.5. The fourth-order valence-corrected chi connectivity index (χ4v) is 3.59. The predicted octanol–water partition coefficient (Wildman–Crippen LogP) is 4.06. The van der Waals surface area contributed by atoms with E-state index in [0.29, 0.717) is 18.9 Å². The van der Waals surface area contributed by atoms with Crippen molar-refractivity contribution in [2.24, 2.45) is 0 Å². The third kappa shape index (κ3) is 2.96. The van der Waals surface area contributed by atoms with Gasteiger partial charge in [0.25, 0.3) is 5.56 Å². The van der Waals surface area contributed by atoms with Gasteiger partial charge >= 0.3 is 12.1 Å². The lowest BCUT2D eigenvalue weighted by molar-refractivity contribution is -0.140. The first-order valence-corrected chi connectivity index (χ1v) is 9.01. The number of aromatic carboxylic acids is 1. The van der Waals surface area contributed by atoms with Crippen molar-refractivity contribution in [1.82, 2.24) is 14.2 Å². The lowest BCUT2D eigenvalue weighted by atomic mass is 10.1. The Kier molecular flexibility index (Phi) is 4.44. The molecule has 30 heavy (non-hydrogen) atoms. The summed E-state index contributed by atoms with van der Waals surface area (Å²) in [5, 5.41) is 13.3. The summed E-state index contributed by atoms with van der Waals surface area (Å²) in [7, 11) is 0. The largest absolute Gasteiger partial charge is 0.476 e. The van der Waals surface area contributed by atoms with Crippen LogP contribution in [0.3, 0.4) is 0 Å². The zero-order valence-corrected chi connectivity index (χ0v) is 15.4. The molecule has 4 rings (SSSR count). The van der Waals surface area contributed by atoms with Crippen LogP contribution in [0.4, 0.5) is 22.0 Å². The number of rotatable bonds is 4. The minimum absolute atomic E-state index is 0.00768. The van der Waals surface area contributed by atoms with Crippen LogP contribution in [-0.4, -0.2) is 25.3 Å². The van der Waals surface area contributed by atoms with E-state index in [1.165, 1.54) is 0 Å². The summed E-state index contributed by atoms with van der Waals surface area (Å²) in [6, 6.07) is 1.13. The topological polar surface area (TPSA) is 76.6 Å². The average molecular weight is 427 g/mol. The number of carboxylic acid groups (broad SMARTS) is 1. The molecule has 1 aromatic carbocycles. The van der Waals surface area contributed by atoms with Crippen LogP contribution in [0.5, 0.6) is 0 Å². The molecule has 0 unspecified atom stereocenters. The molecule has 1 saturated carbocycles. The molecule has 2 aromatic heterocycles. The molecule has 0 aliphatic heterocycles. The smallest absolute Gasteiger partial charge is 0.419 e. The molecular weight excluding hydrogens is 413 g/mol. The number of nitrogens with zero attached hydrogens (tertiary/aromatic N) is 3. The molecule has 0 saturated heterocycles. The highest BCUT2D eigenvalue weighted by Gasteiger charge is 2.37. The van der Waals surface area contributed by atoms with Gasteiger partial charge in [0.1, 0.15) is 5.52 Å². The molecule has 2 heterocycles. The van der Waals surface area contributed by atoms with Crippen molar-refractivity contribution in [2.75, 3.05) is 0 Å². The van der Waals surface area contributed by atoms with Crippen LogP contribution in [0.1, 0.15) is 47.3 Å². The van der Waals surface area contributed by atoms with Crippen molar-refractivity contribution in [2.45, 2.75) is 38.4 Å². The van der Waals surface area contributed by atoms with Gasteiger partial charge in [-0.15, -0.1) is 0 Å². The van der Waals surface area contributed by atoms with Crippen molar-refractivity contribution in [3.05, 3.63) is 57.1 Å². The van der Waals surface area contributed by atoms with Crippen LogP contribution in [0.2, 0.25) is 0 Å². The summed E-state index contributed by atoms with van der Waals surface area (Å²) in [6.07, 6.45) is -2.58. The van der Waals surface area contributed by atoms with Gasteiger partial charge in [0, 0.05) is 17.7 Å². The molecule has 0 spiro atoms. The van der Waals surface area contributed by atoms with Gasteiger partial charge in [0.15, 0.2) is 17.3 Å². The minimum Gasteiger partial charge on any atom is -0.476 e. The SMILES string of the molecule is CCn1c(-c2ccc(C(F)(F)F)c(F)c2F)cn2nc(C(=O)O)c(C3CC3)c2c1=O. The number of hydrogen-bond donors (Lipinski definition) is 1. The lowest BCUT2D eigenvalue weighted by Gasteiger charge is -2.15. The fourth-order valence-electron chi connectivity index (χ4n) is 3.59. The van der Waals surface area contributed by atoms with Crippen molar-refractivity contribution >= 4 is 11.5 Å². The molecule has 1 N–H and O–H groups in total. The standard InChI is InChI=1S/C19H14F5N3O3/c1-2-26-11(9-5-6-10(19(22,23)24)14(21)13(9)20)7-27-16(17(26)28)12(8-3-4-8)15(25-27)18(29)30/h5-8H,2-4H2,1H3,(H,29,30). The summed E-state index contributed by atoms with van der Waals surface area (Å²) in [4.78, 5) is 24.7. The number of carboxylic acids is 1. The number of aromatic nitrogens is 3. The first kappa shape index (κ1) is 20.0. The third-order valence-corrected chi connectivity index (χ3v) is 5.10. The molecule has 1 aliphatic rings. The number of hydrogen-bond acceptors (Lipinski definition) is 3. The van der Waals surface area contributed by atoms with Crippen molar-refractivity contribution in [3.63, 3.8) is 0 Å². The number of benzene rings is 1. The minimum atomic E-state index is -5.09.